The van der Waals surface area contributed by atoms with Crippen molar-refractivity contribution in [1.82, 2.24) is 9.66 Å². The predicted molar refractivity (Wildman–Crippen MR) is 197 cm³/mol. The monoisotopic (exact) mass is 659 g/mol. The van der Waals surface area contributed by atoms with Crippen LogP contribution in [0.2, 0.25) is 10.0 Å². The highest BCUT2D eigenvalue weighted by Crippen LogP contribution is 2.42. The average molecular weight is 661 g/mol. The summed E-state index contributed by atoms with van der Waals surface area (Å²) in [4.78, 5) is 11.0. The van der Waals surface area contributed by atoms with Crippen molar-refractivity contribution in [3.8, 4) is 33.9 Å². The Balaban J connectivity index is 1.58. The molecule has 230 valence electrons. The lowest BCUT2D eigenvalue weighted by atomic mass is 10.00. The van der Waals surface area contributed by atoms with Gasteiger partial charge >= 0.3 is 6.17 Å². The fourth-order valence-corrected chi connectivity index (χ4v) is 6.78. The van der Waals surface area contributed by atoms with Crippen molar-refractivity contribution in [2.24, 2.45) is 4.99 Å². The summed E-state index contributed by atoms with van der Waals surface area (Å²) in [6, 6.07) is 57.2. The fourth-order valence-electron chi connectivity index (χ4n) is 6.33. The van der Waals surface area contributed by atoms with Gasteiger partial charge in [-0.25, -0.2) is 9.98 Å². The third kappa shape index (κ3) is 5.35. The molecule has 0 saturated heterocycles. The molecule has 48 heavy (non-hydrogen) atoms. The summed E-state index contributed by atoms with van der Waals surface area (Å²) in [5, 5.41) is 1.23. The maximum atomic E-state index is 7.03. The molecule has 6 aromatic carbocycles. The zero-order valence-electron chi connectivity index (χ0n) is 25.8. The molecule has 0 spiro atoms. The topological polar surface area (TPSA) is 33.2 Å². The largest absolute Gasteiger partial charge is 0.303 e. The van der Waals surface area contributed by atoms with Crippen LogP contribution in [0.1, 0.15) is 22.9 Å². The summed E-state index contributed by atoms with van der Waals surface area (Å²) in [6.45, 7) is 0. The Morgan fingerprint density at radius 1 is 0.500 bits per heavy atom. The number of aliphatic imine (C=N–C) groups is 1. The molecule has 0 radical (unpaired) electrons. The number of imidazole rings is 1. The highest BCUT2D eigenvalue weighted by molar-refractivity contribution is 6.52. The van der Waals surface area contributed by atoms with E-state index in [1.165, 1.54) is 0 Å². The van der Waals surface area contributed by atoms with E-state index in [-0.39, 0.29) is 0 Å². The normalized spacial score (nSPS) is 14.3. The number of nitrogens with zero attached hydrogens (tertiary/aromatic N) is 4. The molecule has 0 bridgehead atoms. The van der Waals surface area contributed by atoms with E-state index in [2.05, 4.69) is 82.2 Å². The molecule has 4 nitrogen and oxygen atoms in total. The lowest BCUT2D eigenvalue weighted by Gasteiger charge is -2.16. The quantitative estimate of drug-likeness (QED) is 0.157. The second-order valence-electron chi connectivity index (χ2n) is 11.5. The van der Waals surface area contributed by atoms with Crippen LogP contribution < -0.4 is 0 Å². The summed E-state index contributed by atoms with van der Waals surface area (Å²) in [7, 11) is 0. The van der Waals surface area contributed by atoms with Crippen LogP contribution in [0, 0.1) is 0 Å². The molecular weight excluding hydrogens is 631 g/mol. The van der Waals surface area contributed by atoms with Gasteiger partial charge in [-0.15, -0.1) is 0 Å². The Bertz CT molecular complexity index is 2300. The molecule has 6 heteroatoms. The molecular formula is C42H29Cl2N4+. The number of rotatable bonds is 7. The van der Waals surface area contributed by atoms with Gasteiger partial charge in [-0.3, -0.25) is 0 Å². The SMILES string of the molecule is Clc1ccccc1-c1nc(-c2ccccc2)c(-c2ccccc2)n1[N+]1=C(c2ccccc2)C(c2ccccc2)=NC1c1ccccc1Cl. The first-order valence-corrected chi connectivity index (χ1v) is 16.5. The van der Waals surface area contributed by atoms with Crippen LogP contribution in [-0.4, -0.2) is 25.8 Å². The minimum Gasteiger partial charge on any atom is -0.222 e. The van der Waals surface area contributed by atoms with Crippen molar-refractivity contribution in [1.29, 1.82) is 0 Å². The Kier molecular flexibility index (Phi) is 8.03. The summed E-state index contributed by atoms with van der Waals surface area (Å²) in [6.07, 6.45) is -0.536. The average Bonchev–Trinajstić information content (AvgIpc) is 3.73. The van der Waals surface area contributed by atoms with Crippen molar-refractivity contribution in [2.45, 2.75) is 6.17 Å². The van der Waals surface area contributed by atoms with Gasteiger partial charge in [0.2, 0.25) is 5.82 Å². The predicted octanol–water partition coefficient (Wildman–Crippen LogP) is 10.7. The Morgan fingerprint density at radius 2 is 1.00 bits per heavy atom. The van der Waals surface area contributed by atoms with Crippen LogP contribution in [0.25, 0.3) is 33.9 Å². The molecule has 0 saturated carbocycles. The first-order valence-electron chi connectivity index (χ1n) is 15.8. The maximum absolute atomic E-state index is 7.03. The zero-order valence-corrected chi connectivity index (χ0v) is 27.3. The molecule has 1 aromatic heterocycles. The number of hydrogen-bond donors (Lipinski definition) is 0. The Labute approximate surface area is 289 Å². The van der Waals surface area contributed by atoms with Crippen molar-refractivity contribution < 1.29 is 4.68 Å². The van der Waals surface area contributed by atoms with Crippen LogP contribution in [0.4, 0.5) is 0 Å². The number of aromatic nitrogens is 2. The maximum Gasteiger partial charge on any atom is 0.303 e. The molecule has 1 aliphatic rings. The second kappa shape index (κ2) is 12.9. The van der Waals surface area contributed by atoms with Crippen molar-refractivity contribution >= 4 is 34.6 Å². The van der Waals surface area contributed by atoms with E-state index in [1.807, 2.05) is 97.1 Å². The van der Waals surface area contributed by atoms with E-state index in [0.29, 0.717) is 15.9 Å². The molecule has 0 fully saturated rings. The van der Waals surface area contributed by atoms with Gasteiger partial charge < -0.3 is 0 Å². The summed E-state index contributed by atoms with van der Waals surface area (Å²) in [5.41, 5.74) is 9.19. The first kappa shape index (κ1) is 29.8. The number of hydrogen-bond acceptors (Lipinski definition) is 2. The Morgan fingerprint density at radius 3 is 1.60 bits per heavy atom. The van der Waals surface area contributed by atoms with Gasteiger partial charge in [0.1, 0.15) is 17.1 Å². The lowest BCUT2D eigenvalue weighted by Crippen LogP contribution is -2.31. The smallest absolute Gasteiger partial charge is 0.222 e. The third-order valence-electron chi connectivity index (χ3n) is 8.49. The minimum absolute atomic E-state index is 0.536. The summed E-state index contributed by atoms with van der Waals surface area (Å²) >= 11 is 14.1. The van der Waals surface area contributed by atoms with Crippen molar-refractivity contribution in [3.63, 3.8) is 0 Å². The molecule has 0 aliphatic carbocycles. The molecule has 1 atom stereocenters. The fraction of sp³-hybridized carbons (Fsp3) is 0.0238. The van der Waals surface area contributed by atoms with Crippen LogP contribution in [0.15, 0.2) is 175 Å². The Hall–Kier alpha value is -5.55. The van der Waals surface area contributed by atoms with Crippen molar-refractivity contribution in [2.75, 3.05) is 0 Å². The van der Waals surface area contributed by atoms with Crippen LogP contribution in [0.3, 0.4) is 0 Å². The van der Waals surface area contributed by atoms with Gasteiger partial charge in [-0.2, -0.15) is 0 Å². The van der Waals surface area contributed by atoms with E-state index in [1.54, 1.807) is 0 Å². The molecule has 0 amide bonds. The number of benzene rings is 6. The van der Waals surface area contributed by atoms with Gasteiger partial charge in [0, 0.05) is 22.3 Å². The van der Waals surface area contributed by atoms with Crippen LogP contribution >= 0.6 is 23.2 Å². The second-order valence-corrected chi connectivity index (χ2v) is 12.3. The van der Waals surface area contributed by atoms with E-state index in [4.69, 9.17) is 33.2 Å². The summed E-state index contributed by atoms with van der Waals surface area (Å²) < 4.78 is 4.45. The third-order valence-corrected chi connectivity index (χ3v) is 9.17. The van der Waals surface area contributed by atoms with E-state index >= 15 is 0 Å². The van der Waals surface area contributed by atoms with Crippen molar-refractivity contribution in [3.05, 3.63) is 197 Å². The molecule has 2 heterocycles. The standard InChI is InChI=1S/C42H29Cl2N4/c43-35-27-15-13-25-33(35)41-45-37(29-17-5-1-6-18-29)39(31-21-9-3-10-22-31)47(41)48-40(32-23-11-4-12-24-32)38(30-19-7-2-8-20-30)46-42(48)34-26-14-16-28-36(34)44/h1-28,41H/q+1. The highest BCUT2D eigenvalue weighted by atomic mass is 35.5. The summed E-state index contributed by atoms with van der Waals surface area (Å²) in [5.74, 6) is 0.688. The molecule has 0 N–H and O–H groups in total. The first-order chi connectivity index (χ1) is 23.7. The molecule has 8 rings (SSSR count). The van der Waals surface area contributed by atoms with Gasteiger partial charge in [-0.05, 0) is 36.4 Å². The number of halogens is 2. The highest BCUT2D eigenvalue weighted by Gasteiger charge is 2.44. The van der Waals surface area contributed by atoms with E-state index in [9.17, 15) is 0 Å². The van der Waals surface area contributed by atoms with Crippen LogP contribution in [0.5, 0.6) is 0 Å². The van der Waals surface area contributed by atoms with Gasteiger partial charge in [-0.1, -0.05) is 166 Å². The lowest BCUT2D eigenvalue weighted by molar-refractivity contribution is -0.617. The van der Waals surface area contributed by atoms with Gasteiger partial charge in [0.25, 0.3) is 5.71 Å². The minimum atomic E-state index is -0.536. The van der Waals surface area contributed by atoms with Gasteiger partial charge in [0.05, 0.1) is 21.2 Å². The molecule has 1 unspecified atom stereocenters. The van der Waals surface area contributed by atoms with Gasteiger partial charge in [0.15, 0.2) is 0 Å². The van der Waals surface area contributed by atoms with E-state index in [0.717, 1.165) is 56.2 Å². The van der Waals surface area contributed by atoms with E-state index < -0.39 is 6.17 Å². The molecule has 1 aliphatic heterocycles. The zero-order chi connectivity index (χ0) is 32.5. The molecule has 7 aromatic rings. The van der Waals surface area contributed by atoms with Crippen LogP contribution in [-0.2, 0) is 0 Å².